The van der Waals surface area contributed by atoms with Crippen molar-refractivity contribution in [3.05, 3.63) is 11.6 Å². The minimum Gasteiger partial charge on any atom is -0.459 e. The summed E-state index contributed by atoms with van der Waals surface area (Å²) in [6.07, 6.45) is 3.76. The highest BCUT2D eigenvalue weighted by Gasteiger charge is 2.63. The van der Waals surface area contributed by atoms with Gasteiger partial charge in [0.25, 0.3) is 0 Å². The van der Waals surface area contributed by atoms with Crippen LogP contribution in [-0.4, -0.2) is 84.6 Å². The van der Waals surface area contributed by atoms with Gasteiger partial charge in [-0.1, -0.05) is 6.08 Å². The zero-order chi connectivity index (χ0) is 18.5. The number of likely N-dealkylation sites (N-methyl/N-ethyl adjacent to an activating group) is 1. The van der Waals surface area contributed by atoms with Crippen LogP contribution in [0.15, 0.2) is 11.6 Å². The fourth-order valence-electron chi connectivity index (χ4n) is 4.85. The van der Waals surface area contributed by atoms with Gasteiger partial charge in [0.15, 0.2) is 0 Å². The normalized spacial score (nSPS) is 44.7. The largest absolute Gasteiger partial charge is 0.459 e. The number of carbonyl (C=O) groups is 1. The molecule has 0 unspecified atom stereocenters. The average molecular weight is 364 g/mol. The minimum atomic E-state index is -0.505. The molecule has 3 fully saturated rings. The molecule has 0 saturated carbocycles. The first-order valence-electron chi connectivity index (χ1n) is 10.0. The van der Waals surface area contributed by atoms with Crippen molar-refractivity contribution in [2.75, 3.05) is 39.8 Å². The topological polar surface area (TPSA) is 65.5 Å². The lowest BCUT2D eigenvalue weighted by atomic mass is 9.79. The number of piperazine rings is 1. The SMILES string of the molecule is CC1=CCC[C@@]2(C)O[C@@H]2[C@H]2OC(=O)[C@@H](CN3CCN(C)CC3)[C@@H]2C[C@H]1O. The van der Waals surface area contributed by atoms with Gasteiger partial charge in [-0.05, 0) is 45.7 Å². The molecule has 0 spiro atoms. The Morgan fingerprint density at radius 1 is 1.31 bits per heavy atom. The first kappa shape index (κ1) is 18.4. The Labute approximate surface area is 156 Å². The molecule has 4 aliphatic rings. The number of aliphatic hydroxyl groups is 1. The second-order valence-corrected chi connectivity index (χ2v) is 8.87. The van der Waals surface area contributed by atoms with E-state index in [2.05, 4.69) is 29.8 Å². The summed E-state index contributed by atoms with van der Waals surface area (Å²) >= 11 is 0. The van der Waals surface area contributed by atoms with Gasteiger partial charge in [-0.25, -0.2) is 0 Å². The lowest BCUT2D eigenvalue weighted by Gasteiger charge is -2.34. The lowest BCUT2D eigenvalue weighted by molar-refractivity contribution is -0.145. The van der Waals surface area contributed by atoms with Gasteiger partial charge < -0.3 is 19.5 Å². The molecule has 6 atom stereocenters. The van der Waals surface area contributed by atoms with Crippen LogP contribution in [0.5, 0.6) is 0 Å². The number of hydrogen-bond donors (Lipinski definition) is 1. The van der Waals surface area contributed by atoms with Crippen LogP contribution >= 0.6 is 0 Å². The number of nitrogens with zero attached hydrogens (tertiary/aromatic N) is 2. The molecule has 0 aromatic heterocycles. The fourth-order valence-corrected chi connectivity index (χ4v) is 4.85. The molecule has 146 valence electrons. The van der Waals surface area contributed by atoms with Gasteiger partial charge in [-0.2, -0.15) is 0 Å². The predicted octanol–water partition coefficient (Wildman–Crippen LogP) is 1.04. The Morgan fingerprint density at radius 2 is 2.04 bits per heavy atom. The van der Waals surface area contributed by atoms with Gasteiger partial charge in [0.2, 0.25) is 0 Å². The Hall–Kier alpha value is -0.950. The summed E-state index contributed by atoms with van der Waals surface area (Å²) in [5, 5.41) is 10.7. The number of epoxide rings is 1. The van der Waals surface area contributed by atoms with Gasteiger partial charge in [0.05, 0.1) is 17.6 Å². The summed E-state index contributed by atoms with van der Waals surface area (Å²) in [5.41, 5.74) is 0.814. The molecule has 4 rings (SSSR count). The summed E-state index contributed by atoms with van der Waals surface area (Å²) in [6.45, 7) is 8.87. The molecule has 1 aliphatic carbocycles. The standard InChI is InChI=1S/C20H32N2O4/c1-13-5-4-6-20(2)18(26-20)17-14(11-16(13)23)15(19(24)25-17)12-22-9-7-21(3)8-10-22/h5,14-18,23H,4,6-12H2,1-3H3/t14-,15-,16+,17-,18+,20+/m0/s1. The van der Waals surface area contributed by atoms with E-state index >= 15 is 0 Å². The Bertz CT molecular complexity index is 586. The summed E-state index contributed by atoms with van der Waals surface area (Å²) in [6, 6.07) is 0. The third kappa shape index (κ3) is 3.44. The van der Waals surface area contributed by atoms with Crippen molar-refractivity contribution in [3.8, 4) is 0 Å². The quantitative estimate of drug-likeness (QED) is 0.449. The maximum Gasteiger partial charge on any atom is 0.311 e. The first-order valence-corrected chi connectivity index (χ1v) is 10.0. The van der Waals surface area contributed by atoms with Crippen molar-refractivity contribution in [2.45, 2.75) is 57.0 Å². The number of allylic oxidation sites excluding steroid dienone is 1. The van der Waals surface area contributed by atoms with Crippen molar-refractivity contribution in [3.63, 3.8) is 0 Å². The van der Waals surface area contributed by atoms with Gasteiger partial charge in [0, 0.05) is 38.6 Å². The van der Waals surface area contributed by atoms with Crippen LogP contribution in [0.1, 0.15) is 33.1 Å². The van der Waals surface area contributed by atoms with Crippen LogP contribution in [-0.2, 0) is 14.3 Å². The lowest BCUT2D eigenvalue weighted by Crippen LogP contribution is -2.47. The molecule has 3 aliphatic heterocycles. The van der Waals surface area contributed by atoms with Crippen molar-refractivity contribution >= 4 is 5.97 Å². The van der Waals surface area contributed by atoms with Gasteiger partial charge in [-0.3, -0.25) is 9.69 Å². The number of aliphatic hydroxyl groups excluding tert-OH is 1. The summed E-state index contributed by atoms with van der Waals surface area (Å²) in [7, 11) is 2.13. The van der Waals surface area contributed by atoms with Crippen molar-refractivity contribution in [1.29, 1.82) is 0 Å². The molecular weight excluding hydrogens is 332 g/mol. The molecule has 1 N–H and O–H groups in total. The minimum absolute atomic E-state index is 0.0189. The highest BCUT2D eigenvalue weighted by molar-refractivity contribution is 5.76. The molecule has 0 bridgehead atoms. The van der Waals surface area contributed by atoms with E-state index in [0.717, 1.165) is 51.1 Å². The summed E-state index contributed by atoms with van der Waals surface area (Å²) < 4.78 is 11.9. The summed E-state index contributed by atoms with van der Waals surface area (Å²) in [4.78, 5) is 17.4. The number of rotatable bonds is 2. The Balaban J connectivity index is 1.53. The monoisotopic (exact) mass is 364 g/mol. The Morgan fingerprint density at radius 3 is 2.77 bits per heavy atom. The number of ether oxygens (including phenoxy) is 2. The van der Waals surface area contributed by atoms with Crippen LogP contribution < -0.4 is 0 Å². The first-order chi connectivity index (χ1) is 12.4. The van der Waals surface area contributed by atoms with E-state index in [4.69, 9.17) is 9.47 Å². The van der Waals surface area contributed by atoms with E-state index in [1.54, 1.807) is 0 Å². The Kier molecular flexibility index (Phi) is 4.88. The smallest absolute Gasteiger partial charge is 0.311 e. The molecule has 6 nitrogen and oxygen atoms in total. The third-order valence-corrected chi connectivity index (χ3v) is 6.91. The number of esters is 1. The van der Waals surface area contributed by atoms with E-state index in [-0.39, 0.29) is 35.6 Å². The molecule has 26 heavy (non-hydrogen) atoms. The van der Waals surface area contributed by atoms with Gasteiger partial charge in [-0.15, -0.1) is 0 Å². The van der Waals surface area contributed by atoms with Crippen LogP contribution in [0.2, 0.25) is 0 Å². The molecule has 0 radical (unpaired) electrons. The molecule has 0 aromatic rings. The average Bonchev–Trinajstić information content (AvgIpc) is 3.18. The third-order valence-electron chi connectivity index (χ3n) is 6.91. The highest BCUT2D eigenvalue weighted by atomic mass is 16.6. The van der Waals surface area contributed by atoms with Gasteiger partial charge in [0.1, 0.15) is 12.2 Å². The van der Waals surface area contributed by atoms with Crippen LogP contribution in [0, 0.1) is 11.8 Å². The van der Waals surface area contributed by atoms with Crippen LogP contribution in [0.3, 0.4) is 0 Å². The second kappa shape index (κ2) is 6.89. The van der Waals surface area contributed by atoms with Crippen LogP contribution in [0.4, 0.5) is 0 Å². The molecule has 0 amide bonds. The predicted molar refractivity (Wildman–Crippen MR) is 97.7 cm³/mol. The van der Waals surface area contributed by atoms with Crippen molar-refractivity contribution < 1.29 is 19.4 Å². The van der Waals surface area contributed by atoms with E-state index < -0.39 is 6.10 Å². The zero-order valence-electron chi connectivity index (χ0n) is 16.2. The molecule has 0 aromatic carbocycles. The fraction of sp³-hybridized carbons (Fsp3) is 0.850. The summed E-state index contributed by atoms with van der Waals surface area (Å²) in [5.74, 6) is -0.256. The van der Waals surface area contributed by atoms with E-state index in [1.165, 1.54) is 0 Å². The maximum absolute atomic E-state index is 12.7. The number of hydrogen-bond acceptors (Lipinski definition) is 6. The van der Waals surface area contributed by atoms with Crippen molar-refractivity contribution in [1.82, 2.24) is 9.80 Å². The van der Waals surface area contributed by atoms with Crippen molar-refractivity contribution in [2.24, 2.45) is 11.8 Å². The van der Waals surface area contributed by atoms with Gasteiger partial charge >= 0.3 is 5.97 Å². The highest BCUT2D eigenvalue weighted by Crippen LogP contribution is 2.50. The number of carbonyl (C=O) groups excluding carboxylic acids is 1. The maximum atomic E-state index is 12.7. The zero-order valence-corrected chi connectivity index (χ0v) is 16.2. The molecule has 3 saturated heterocycles. The van der Waals surface area contributed by atoms with E-state index in [9.17, 15) is 9.90 Å². The van der Waals surface area contributed by atoms with Crippen LogP contribution in [0.25, 0.3) is 0 Å². The van der Waals surface area contributed by atoms with E-state index in [0.29, 0.717) is 6.42 Å². The molecule has 6 heteroatoms. The van der Waals surface area contributed by atoms with E-state index in [1.807, 2.05) is 6.92 Å². The number of fused-ring (bicyclic) bond motifs is 3. The second-order valence-electron chi connectivity index (χ2n) is 8.87. The molecule has 3 heterocycles. The molecular formula is C20H32N2O4.